The molecule has 0 aliphatic heterocycles. The van der Waals surface area contributed by atoms with E-state index < -0.39 is 5.91 Å². The van der Waals surface area contributed by atoms with Crippen molar-refractivity contribution >= 4 is 11.8 Å². The number of carbonyl (C=O) groups excluding carboxylic acids is 1. The number of aryl methyl sites for hydroxylation is 1. The molecular formula is C7H6N2O2. The first kappa shape index (κ1) is 7.35. The number of amides is 1. The summed E-state index contributed by atoms with van der Waals surface area (Å²) < 4.78 is 4.97. The minimum absolute atomic E-state index is 0.300. The highest BCUT2D eigenvalue weighted by molar-refractivity contribution is 6.01. The highest BCUT2D eigenvalue weighted by atomic mass is 16.4. The van der Waals surface area contributed by atoms with Crippen LogP contribution in [0.15, 0.2) is 16.5 Å². The van der Waals surface area contributed by atoms with Gasteiger partial charge in [-0.1, -0.05) is 0 Å². The molecule has 0 saturated carbocycles. The van der Waals surface area contributed by atoms with Crippen molar-refractivity contribution in [1.29, 1.82) is 5.26 Å². The van der Waals surface area contributed by atoms with Crippen molar-refractivity contribution in [2.45, 2.75) is 6.92 Å². The van der Waals surface area contributed by atoms with E-state index in [2.05, 4.69) is 5.32 Å². The van der Waals surface area contributed by atoms with Crippen LogP contribution < -0.4 is 5.32 Å². The highest BCUT2D eigenvalue weighted by Crippen LogP contribution is 2.10. The molecule has 0 atom stereocenters. The molecule has 0 bridgehead atoms. The van der Waals surface area contributed by atoms with Crippen molar-refractivity contribution in [3.05, 3.63) is 17.9 Å². The number of furan rings is 1. The molecule has 0 unspecified atom stereocenters. The van der Waals surface area contributed by atoms with E-state index in [1.54, 1.807) is 19.1 Å². The molecule has 1 N–H and O–H groups in total. The molecule has 0 fully saturated rings. The maximum Gasteiger partial charge on any atom is 0.329 e. The van der Waals surface area contributed by atoms with E-state index in [4.69, 9.17) is 9.68 Å². The highest BCUT2D eigenvalue weighted by Gasteiger charge is 2.01. The van der Waals surface area contributed by atoms with Crippen LogP contribution in [0.2, 0.25) is 0 Å². The standard InChI is InChI=1S/C7H6N2O2/c1-5-2-3-7(11-5)9-6(10)4-8/h2-3H,1H3,(H,9,10). The molecule has 11 heavy (non-hydrogen) atoms. The van der Waals surface area contributed by atoms with Gasteiger partial charge in [0.1, 0.15) is 5.76 Å². The van der Waals surface area contributed by atoms with E-state index in [1.165, 1.54) is 6.07 Å². The first-order valence-corrected chi connectivity index (χ1v) is 3.00. The number of anilines is 1. The van der Waals surface area contributed by atoms with Crippen LogP contribution >= 0.6 is 0 Å². The van der Waals surface area contributed by atoms with Gasteiger partial charge in [0.2, 0.25) is 0 Å². The van der Waals surface area contributed by atoms with Crippen molar-refractivity contribution in [3.63, 3.8) is 0 Å². The summed E-state index contributed by atoms with van der Waals surface area (Å²) in [5.41, 5.74) is 0. The molecule has 4 nitrogen and oxygen atoms in total. The second-order valence-electron chi connectivity index (χ2n) is 1.98. The normalized spacial score (nSPS) is 8.73. The molecule has 0 spiro atoms. The van der Waals surface area contributed by atoms with Crippen LogP contribution in [0, 0.1) is 18.3 Å². The number of carbonyl (C=O) groups is 1. The van der Waals surface area contributed by atoms with Crippen LogP contribution in [-0.4, -0.2) is 5.91 Å². The van der Waals surface area contributed by atoms with Crippen LogP contribution in [0.4, 0.5) is 5.88 Å². The summed E-state index contributed by atoms with van der Waals surface area (Å²) >= 11 is 0. The lowest BCUT2D eigenvalue weighted by atomic mass is 10.5. The average Bonchev–Trinajstić information content (AvgIpc) is 2.35. The third-order valence-electron chi connectivity index (χ3n) is 1.08. The summed E-state index contributed by atoms with van der Waals surface area (Å²) in [6.07, 6.45) is 0. The van der Waals surface area contributed by atoms with E-state index in [0.29, 0.717) is 11.6 Å². The Hall–Kier alpha value is -1.76. The first-order chi connectivity index (χ1) is 5.22. The van der Waals surface area contributed by atoms with Gasteiger partial charge in [0, 0.05) is 6.07 Å². The van der Waals surface area contributed by atoms with E-state index in [-0.39, 0.29) is 0 Å². The Morgan fingerprint density at radius 2 is 2.45 bits per heavy atom. The van der Waals surface area contributed by atoms with E-state index in [1.807, 2.05) is 0 Å². The van der Waals surface area contributed by atoms with Crippen molar-refractivity contribution in [2.75, 3.05) is 5.32 Å². The van der Waals surface area contributed by atoms with Gasteiger partial charge in [-0.15, -0.1) is 0 Å². The third kappa shape index (κ3) is 1.83. The van der Waals surface area contributed by atoms with Gasteiger partial charge in [0.05, 0.1) is 0 Å². The molecule has 1 aromatic heterocycles. The van der Waals surface area contributed by atoms with Gasteiger partial charge in [-0.3, -0.25) is 10.1 Å². The zero-order valence-electron chi connectivity index (χ0n) is 5.92. The van der Waals surface area contributed by atoms with Crippen LogP contribution in [0.1, 0.15) is 5.76 Å². The maximum absolute atomic E-state index is 10.5. The summed E-state index contributed by atoms with van der Waals surface area (Å²) in [4.78, 5) is 10.5. The fourth-order valence-corrected chi connectivity index (χ4v) is 0.642. The van der Waals surface area contributed by atoms with Crippen molar-refractivity contribution in [1.82, 2.24) is 0 Å². The Balaban J connectivity index is 2.66. The Labute approximate surface area is 63.4 Å². The molecule has 1 aromatic rings. The minimum atomic E-state index is -0.723. The lowest BCUT2D eigenvalue weighted by molar-refractivity contribution is -0.111. The topological polar surface area (TPSA) is 66.0 Å². The zero-order valence-corrected chi connectivity index (χ0v) is 5.92. The first-order valence-electron chi connectivity index (χ1n) is 3.00. The molecular weight excluding hydrogens is 144 g/mol. The van der Waals surface area contributed by atoms with Crippen LogP contribution in [0.5, 0.6) is 0 Å². The second kappa shape index (κ2) is 2.88. The van der Waals surface area contributed by atoms with Gasteiger partial charge >= 0.3 is 5.91 Å². The van der Waals surface area contributed by atoms with Crippen molar-refractivity contribution in [2.24, 2.45) is 0 Å². The Morgan fingerprint density at radius 1 is 1.73 bits per heavy atom. The van der Waals surface area contributed by atoms with Crippen LogP contribution in [0.25, 0.3) is 0 Å². The number of nitriles is 1. The maximum atomic E-state index is 10.5. The molecule has 0 aromatic carbocycles. The predicted molar refractivity (Wildman–Crippen MR) is 37.7 cm³/mol. The predicted octanol–water partition coefficient (Wildman–Crippen LogP) is 1.05. The average molecular weight is 150 g/mol. The van der Waals surface area contributed by atoms with Gasteiger partial charge in [-0.2, -0.15) is 5.26 Å². The number of nitrogens with zero attached hydrogens (tertiary/aromatic N) is 1. The van der Waals surface area contributed by atoms with Gasteiger partial charge < -0.3 is 4.42 Å². The van der Waals surface area contributed by atoms with E-state index in [9.17, 15) is 4.79 Å². The summed E-state index contributed by atoms with van der Waals surface area (Å²) in [5, 5.41) is 10.3. The number of hydrogen-bond acceptors (Lipinski definition) is 3. The van der Waals surface area contributed by atoms with E-state index in [0.717, 1.165) is 0 Å². The Morgan fingerprint density at radius 3 is 2.91 bits per heavy atom. The molecule has 0 radical (unpaired) electrons. The van der Waals surface area contributed by atoms with E-state index >= 15 is 0 Å². The Bertz CT molecular complexity index is 308. The minimum Gasteiger partial charge on any atom is -0.446 e. The fourth-order valence-electron chi connectivity index (χ4n) is 0.642. The lowest BCUT2D eigenvalue weighted by Gasteiger charge is -1.91. The van der Waals surface area contributed by atoms with Crippen LogP contribution in [-0.2, 0) is 4.79 Å². The Kier molecular flexibility index (Phi) is 1.93. The molecule has 1 heterocycles. The van der Waals surface area contributed by atoms with Crippen molar-refractivity contribution in [3.8, 4) is 6.07 Å². The summed E-state index contributed by atoms with van der Waals surface area (Å²) in [6.45, 7) is 1.75. The van der Waals surface area contributed by atoms with Gasteiger partial charge in [-0.05, 0) is 13.0 Å². The largest absolute Gasteiger partial charge is 0.446 e. The lowest BCUT2D eigenvalue weighted by Crippen LogP contribution is -2.06. The molecule has 1 rings (SSSR count). The molecule has 1 amide bonds. The van der Waals surface area contributed by atoms with Gasteiger partial charge in [0.25, 0.3) is 0 Å². The van der Waals surface area contributed by atoms with Crippen molar-refractivity contribution < 1.29 is 9.21 Å². The number of nitrogens with one attached hydrogen (secondary N) is 1. The quantitative estimate of drug-likeness (QED) is 0.608. The monoisotopic (exact) mass is 150 g/mol. The SMILES string of the molecule is Cc1ccc(NC(=O)C#N)o1. The zero-order chi connectivity index (χ0) is 8.27. The third-order valence-corrected chi connectivity index (χ3v) is 1.08. The number of rotatable bonds is 1. The van der Waals surface area contributed by atoms with Gasteiger partial charge in [0.15, 0.2) is 12.0 Å². The molecule has 0 aliphatic rings. The smallest absolute Gasteiger partial charge is 0.329 e. The summed E-state index contributed by atoms with van der Waals surface area (Å²) in [7, 11) is 0. The number of hydrogen-bond donors (Lipinski definition) is 1. The van der Waals surface area contributed by atoms with Gasteiger partial charge in [-0.25, -0.2) is 0 Å². The molecule has 0 aliphatic carbocycles. The van der Waals surface area contributed by atoms with Crippen LogP contribution in [0.3, 0.4) is 0 Å². The summed E-state index contributed by atoms with van der Waals surface area (Å²) in [5.74, 6) is 0.270. The fraction of sp³-hybridized carbons (Fsp3) is 0.143. The molecule has 4 heteroatoms. The molecule has 56 valence electrons. The summed E-state index contributed by atoms with van der Waals surface area (Å²) in [6, 6.07) is 4.70. The second-order valence-corrected chi connectivity index (χ2v) is 1.98. The molecule has 0 saturated heterocycles.